The summed E-state index contributed by atoms with van der Waals surface area (Å²) in [5.74, 6) is 0.484. The molecule has 23 heavy (non-hydrogen) atoms. The van der Waals surface area contributed by atoms with Crippen molar-refractivity contribution in [2.24, 2.45) is 0 Å². The highest BCUT2D eigenvalue weighted by Gasteiger charge is 2.02. The standard InChI is InChI=1S/C18H16BrNO3/c1-12(21)14-5-7-15(8-6-14)20-18(22)10-4-13-3-9-17(23-2)16(19)11-13/h3-11H,1-2H3,(H,20,22). The summed E-state index contributed by atoms with van der Waals surface area (Å²) in [4.78, 5) is 23.1. The zero-order valence-corrected chi connectivity index (χ0v) is 14.4. The lowest BCUT2D eigenvalue weighted by molar-refractivity contribution is -0.111. The highest BCUT2D eigenvalue weighted by atomic mass is 79.9. The minimum absolute atomic E-state index is 0.00662. The number of hydrogen-bond acceptors (Lipinski definition) is 3. The highest BCUT2D eigenvalue weighted by Crippen LogP contribution is 2.25. The molecule has 0 atom stereocenters. The smallest absolute Gasteiger partial charge is 0.248 e. The molecular formula is C18H16BrNO3. The Balaban J connectivity index is 2.01. The van der Waals surface area contributed by atoms with Gasteiger partial charge in [-0.25, -0.2) is 0 Å². The van der Waals surface area contributed by atoms with E-state index in [-0.39, 0.29) is 11.7 Å². The van der Waals surface area contributed by atoms with E-state index in [1.54, 1.807) is 37.5 Å². The lowest BCUT2D eigenvalue weighted by Gasteiger charge is -2.04. The van der Waals surface area contributed by atoms with Crippen molar-refractivity contribution in [2.45, 2.75) is 6.92 Å². The number of ketones is 1. The van der Waals surface area contributed by atoms with Gasteiger partial charge in [0, 0.05) is 17.3 Å². The van der Waals surface area contributed by atoms with E-state index >= 15 is 0 Å². The summed E-state index contributed by atoms with van der Waals surface area (Å²) in [6, 6.07) is 12.3. The van der Waals surface area contributed by atoms with Crippen LogP contribution in [0.5, 0.6) is 5.75 Å². The molecule has 2 aromatic carbocycles. The number of carbonyl (C=O) groups is 2. The third-order valence-corrected chi connectivity index (χ3v) is 3.78. The molecule has 0 aromatic heterocycles. The number of methoxy groups -OCH3 is 1. The van der Waals surface area contributed by atoms with Gasteiger partial charge in [0.25, 0.3) is 0 Å². The molecule has 0 radical (unpaired) electrons. The van der Waals surface area contributed by atoms with Gasteiger partial charge < -0.3 is 10.1 Å². The maximum absolute atomic E-state index is 11.9. The Morgan fingerprint density at radius 1 is 1.13 bits per heavy atom. The van der Waals surface area contributed by atoms with Crippen molar-refractivity contribution < 1.29 is 14.3 Å². The summed E-state index contributed by atoms with van der Waals surface area (Å²) in [5.41, 5.74) is 2.13. The molecule has 5 heteroatoms. The molecule has 0 aliphatic carbocycles. The number of ether oxygens (including phenoxy) is 1. The summed E-state index contributed by atoms with van der Waals surface area (Å²) in [7, 11) is 1.60. The summed E-state index contributed by atoms with van der Waals surface area (Å²) < 4.78 is 5.98. The van der Waals surface area contributed by atoms with Crippen LogP contribution in [0, 0.1) is 0 Å². The van der Waals surface area contributed by atoms with E-state index in [4.69, 9.17) is 4.74 Å². The number of halogens is 1. The van der Waals surface area contributed by atoms with Gasteiger partial charge in [-0.05, 0) is 70.9 Å². The minimum Gasteiger partial charge on any atom is -0.496 e. The fraction of sp³-hybridized carbons (Fsp3) is 0.111. The van der Waals surface area contributed by atoms with Crippen molar-refractivity contribution >= 4 is 39.4 Å². The topological polar surface area (TPSA) is 55.4 Å². The Morgan fingerprint density at radius 3 is 2.39 bits per heavy atom. The predicted molar refractivity (Wildman–Crippen MR) is 94.8 cm³/mol. The first-order valence-electron chi connectivity index (χ1n) is 6.93. The Labute approximate surface area is 143 Å². The normalized spacial score (nSPS) is 10.6. The highest BCUT2D eigenvalue weighted by molar-refractivity contribution is 9.10. The number of Topliss-reactive ketones (excluding diaryl/α,β-unsaturated/α-hetero) is 1. The number of nitrogens with one attached hydrogen (secondary N) is 1. The molecular weight excluding hydrogens is 358 g/mol. The number of rotatable bonds is 5. The lowest BCUT2D eigenvalue weighted by Crippen LogP contribution is -2.07. The van der Waals surface area contributed by atoms with E-state index in [2.05, 4.69) is 21.2 Å². The van der Waals surface area contributed by atoms with Crippen LogP contribution in [0.2, 0.25) is 0 Å². The van der Waals surface area contributed by atoms with Crippen LogP contribution in [-0.2, 0) is 4.79 Å². The van der Waals surface area contributed by atoms with Crippen molar-refractivity contribution in [1.82, 2.24) is 0 Å². The minimum atomic E-state index is -0.243. The van der Waals surface area contributed by atoms with Gasteiger partial charge in [-0.15, -0.1) is 0 Å². The van der Waals surface area contributed by atoms with Gasteiger partial charge in [0.1, 0.15) is 5.75 Å². The molecule has 0 aliphatic heterocycles. The van der Waals surface area contributed by atoms with Gasteiger partial charge in [0.05, 0.1) is 11.6 Å². The molecule has 0 fully saturated rings. The fourth-order valence-electron chi connectivity index (χ4n) is 1.93. The van der Waals surface area contributed by atoms with E-state index in [0.717, 1.165) is 15.8 Å². The van der Waals surface area contributed by atoms with Crippen molar-refractivity contribution in [2.75, 3.05) is 12.4 Å². The van der Waals surface area contributed by atoms with Crippen LogP contribution >= 0.6 is 15.9 Å². The molecule has 2 rings (SSSR count). The molecule has 0 saturated heterocycles. The third-order valence-electron chi connectivity index (χ3n) is 3.16. The quantitative estimate of drug-likeness (QED) is 0.627. The first kappa shape index (κ1) is 17.0. The fourth-order valence-corrected chi connectivity index (χ4v) is 2.49. The maximum atomic E-state index is 11.9. The average Bonchev–Trinajstić information content (AvgIpc) is 2.53. The van der Waals surface area contributed by atoms with E-state index in [1.807, 2.05) is 18.2 Å². The number of anilines is 1. The summed E-state index contributed by atoms with van der Waals surface area (Å²) in [5, 5.41) is 2.74. The monoisotopic (exact) mass is 373 g/mol. The van der Waals surface area contributed by atoms with Gasteiger partial charge >= 0.3 is 0 Å². The maximum Gasteiger partial charge on any atom is 0.248 e. The lowest BCUT2D eigenvalue weighted by atomic mass is 10.1. The van der Waals surface area contributed by atoms with Crippen molar-refractivity contribution in [3.8, 4) is 5.75 Å². The molecule has 0 unspecified atom stereocenters. The summed E-state index contributed by atoms with van der Waals surface area (Å²) >= 11 is 3.40. The van der Waals surface area contributed by atoms with E-state index in [9.17, 15) is 9.59 Å². The predicted octanol–water partition coefficient (Wildman–Crippen LogP) is 4.31. The number of amides is 1. The van der Waals surface area contributed by atoms with Crippen LogP contribution in [0.3, 0.4) is 0 Å². The van der Waals surface area contributed by atoms with Gasteiger partial charge in [-0.1, -0.05) is 6.07 Å². The SMILES string of the molecule is COc1ccc(C=CC(=O)Nc2ccc(C(C)=O)cc2)cc1Br. The van der Waals surface area contributed by atoms with Gasteiger partial charge in [0.2, 0.25) is 5.91 Å². The Morgan fingerprint density at radius 2 is 1.83 bits per heavy atom. The molecule has 1 amide bonds. The number of hydrogen-bond donors (Lipinski definition) is 1. The first-order valence-corrected chi connectivity index (χ1v) is 7.72. The van der Waals surface area contributed by atoms with E-state index in [1.165, 1.54) is 13.0 Å². The van der Waals surface area contributed by atoms with Crippen LogP contribution in [0.4, 0.5) is 5.69 Å². The average molecular weight is 374 g/mol. The van der Waals surface area contributed by atoms with Crippen LogP contribution in [0.15, 0.2) is 53.0 Å². The van der Waals surface area contributed by atoms with E-state index in [0.29, 0.717) is 11.3 Å². The van der Waals surface area contributed by atoms with E-state index < -0.39 is 0 Å². The van der Waals surface area contributed by atoms with Crippen LogP contribution < -0.4 is 10.1 Å². The molecule has 0 bridgehead atoms. The molecule has 0 spiro atoms. The second kappa shape index (κ2) is 7.74. The second-order valence-electron chi connectivity index (χ2n) is 4.85. The Hall–Kier alpha value is -2.40. The Bertz CT molecular complexity index is 751. The summed E-state index contributed by atoms with van der Waals surface area (Å²) in [6.07, 6.45) is 3.16. The van der Waals surface area contributed by atoms with Crippen molar-refractivity contribution in [3.05, 3.63) is 64.1 Å². The first-order chi connectivity index (χ1) is 11.0. The Kier molecular flexibility index (Phi) is 5.71. The molecule has 2 aromatic rings. The molecule has 0 aliphatic rings. The van der Waals surface area contributed by atoms with Gasteiger partial charge in [0.15, 0.2) is 5.78 Å². The number of benzene rings is 2. The number of carbonyl (C=O) groups excluding carboxylic acids is 2. The molecule has 1 N–H and O–H groups in total. The van der Waals surface area contributed by atoms with Crippen LogP contribution in [0.1, 0.15) is 22.8 Å². The molecule has 0 heterocycles. The van der Waals surface area contributed by atoms with Crippen LogP contribution in [-0.4, -0.2) is 18.8 Å². The third kappa shape index (κ3) is 4.79. The largest absolute Gasteiger partial charge is 0.496 e. The molecule has 4 nitrogen and oxygen atoms in total. The zero-order chi connectivity index (χ0) is 16.8. The van der Waals surface area contributed by atoms with Crippen LogP contribution in [0.25, 0.3) is 6.08 Å². The molecule has 0 saturated carbocycles. The second-order valence-corrected chi connectivity index (χ2v) is 5.70. The summed E-state index contributed by atoms with van der Waals surface area (Å²) in [6.45, 7) is 1.50. The van der Waals surface area contributed by atoms with Crippen molar-refractivity contribution in [3.63, 3.8) is 0 Å². The van der Waals surface area contributed by atoms with Gasteiger partial charge in [-0.3, -0.25) is 9.59 Å². The molecule has 118 valence electrons. The zero-order valence-electron chi connectivity index (χ0n) is 12.8. The van der Waals surface area contributed by atoms with Gasteiger partial charge in [-0.2, -0.15) is 0 Å². The van der Waals surface area contributed by atoms with Crippen molar-refractivity contribution in [1.29, 1.82) is 0 Å².